The van der Waals surface area contributed by atoms with Crippen LogP contribution < -0.4 is 4.74 Å². The lowest BCUT2D eigenvalue weighted by molar-refractivity contribution is 0.0418. The molecule has 1 atom stereocenters. The molecular weight excluding hydrogens is 405 g/mol. The summed E-state index contributed by atoms with van der Waals surface area (Å²) in [5, 5.41) is 18.2. The first-order chi connectivity index (χ1) is 15.0. The van der Waals surface area contributed by atoms with Gasteiger partial charge in [0.05, 0.1) is 17.8 Å². The molecule has 0 spiro atoms. The molecule has 1 fully saturated rings. The van der Waals surface area contributed by atoms with E-state index in [9.17, 15) is 9.50 Å². The van der Waals surface area contributed by atoms with Gasteiger partial charge in [0.1, 0.15) is 18.5 Å². The second-order valence-corrected chi connectivity index (χ2v) is 7.68. The number of rotatable bonds is 8. The van der Waals surface area contributed by atoms with Gasteiger partial charge < -0.3 is 18.9 Å². The summed E-state index contributed by atoms with van der Waals surface area (Å²) in [7, 11) is 0. The largest absolute Gasteiger partial charge is 0.488 e. The molecule has 1 aliphatic rings. The number of nitrogens with zero attached hydrogens (tertiary/aromatic N) is 5. The van der Waals surface area contributed by atoms with Crippen LogP contribution in [0, 0.1) is 19.7 Å². The molecule has 3 aromatic rings. The van der Waals surface area contributed by atoms with Gasteiger partial charge in [-0.3, -0.25) is 9.80 Å². The molecule has 1 N–H and O–H groups in total. The van der Waals surface area contributed by atoms with Crippen molar-refractivity contribution in [2.45, 2.75) is 26.5 Å². The van der Waals surface area contributed by atoms with E-state index in [1.807, 2.05) is 13.8 Å². The molecule has 0 saturated carbocycles. The number of aliphatic hydroxyl groups is 1. The Morgan fingerprint density at radius 3 is 2.55 bits per heavy atom. The number of β-amino-alcohol motifs (C(OH)–C–C–N with tert-alkyl or cyclic N) is 1. The minimum absolute atomic E-state index is 0.0492. The summed E-state index contributed by atoms with van der Waals surface area (Å²) in [4.78, 5) is 8.86. The van der Waals surface area contributed by atoms with Crippen molar-refractivity contribution >= 4 is 0 Å². The van der Waals surface area contributed by atoms with Crippen molar-refractivity contribution in [3.05, 3.63) is 47.4 Å². The van der Waals surface area contributed by atoms with Crippen molar-refractivity contribution < 1.29 is 23.3 Å². The first-order valence-electron chi connectivity index (χ1n) is 10.3. The second kappa shape index (κ2) is 9.54. The van der Waals surface area contributed by atoms with Gasteiger partial charge in [-0.1, -0.05) is 22.4 Å². The van der Waals surface area contributed by atoms with E-state index in [1.165, 1.54) is 6.07 Å². The standard InChI is InChI=1S/C21H26FN5O4/c1-14-20(15(2)30-24-14)21-23-19(31-25-21)12-27-9-7-26(8-10-27)11-16(28)13-29-18-6-4-3-5-17(18)22/h3-6,16,28H,7-13H2,1-2H3/t16-/m0/s1. The van der Waals surface area contributed by atoms with Crippen molar-refractivity contribution in [2.24, 2.45) is 0 Å². The molecular formula is C21H26FN5O4. The molecule has 166 valence electrons. The average molecular weight is 431 g/mol. The molecule has 0 bridgehead atoms. The number of hydrogen-bond acceptors (Lipinski definition) is 9. The molecule has 31 heavy (non-hydrogen) atoms. The lowest BCUT2D eigenvalue weighted by Gasteiger charge is -2.34. The van der Waals surface area contributed by atoms with Gasteiger partial charge >= 0.3 is 0 Å². The lowest BCUT2D eigenvalue weighted by Crippen LogP contribution is -2.48. The molecule has 0 aliphatic carbocycles. The van der Waals surface area contributed by atoms with Gasteiger partial charge in [0.25, 0.3) is 0 Å². The number of ether oxygens (including phenoxy) is 1. The maximum absolute atomic E-state index is 13.6. The molecule has 4 rings (SSSR count). The van der Waals surface area contributed by atoms with Gasteiger partial charge in [-0.2, -0.15) is 4.98 Å². The quantitative estimate of drug-likeness (QED) is 0.574. The predicted octanol–water partition coefficient (Wildman–Crippen LogP) is 2.04. The number of hydrogen-bond donors (Lipinski definition) is 1. The van der Waals surface area contributed by atoms with Crippen molar-refractivity contribution in [3.8, 4) is 17.1 Å². The highest BCUT2D eigenvalue weighted by atomic mass is 19.1. The van der Waals surface area contributed by atoms with Crippen LogP contribution in [0.4, 0.5) is 4.39 Å². The van der Waals surface area contributed by atoms with Gasteiger partial charge in [-0.05, 0) is 26.0 Å². The Labute approximate surface area is 179 Å². The van der Waals surface area contributed by atoms with Crippen LogP contribution in [-0.4, -0.2) is 75.6 Å². The molecule has 1 aromatic carbocycles. The first-order valence-corrected chi connectivity index (χ1v) is 10.3. The number of benzene rings is 1. The van der Waals surface area contributed by atoms with E-state index in [-0.39, 0.29) is 12.4 Å². The summed E-state index contributed by atoms with van der Waals surface area (Å²) in [6.07, 6.45) is -0.695. The van der Waals surface area contributed by atoms with Gasteiger partial charge in [0, 0.05) is 32.7 Å². The Morgan fingerprint density at radius 1 is 1.10 bits per heavy atom. The van der Waals surface area contributed by atoms with E-state index in [0.717, 1.165) is 37.4 Å². The number of aromatic nitrogens is 3. The smallest absolute Gasteiger partial charge is 0.241 e. The molecule has 1 aliphatic heterocycles. The summed E-state index contributed by atoms with van der Waals surface area (Å²) >= 11 is 0. The highest BCUT2D eigenvalue weighted by Crippen LogP contribution is 2.24. The predicted molar refractivity (Wildman–Crippen MR) is 109 cm³/mol. The molecule has 9 nitrogen and oxygen atoms in total. The second-order valence-electron chi connectivity index (χ2n) is 7.68. The fourth-order valence-electron chi connectivity index (χ4n) is 3.64. The number of para-hydroxylation sites is 1. The van der Waals surface area contributed by atoms with Crippen LogP contribution in [0.2, 0.25) is 0 Å². The lowest BCUT2D eigenvalue weighted by atomic mass is 10.2. The Bertz CT molecular complexity index is 980. The molecule has 1 saturated heterocycles. The Morgan fingerprint density at radius 2 is 1.84 bits per heavy atom. The third-order valence-electron chi connectivity index (χ3n) is 5.29. The molecule has 0 radical (unpaired) electrons. The maximum Gasteiger partial charge on any atom is 0.241 e. The summed E-state index contributed by atoms with van der Waals surface area (Å²) in [6, 6.07) is 6.19. The fraction of sp³-hybridized carbons (Fsp3) is 0.476. The SMILES string of the molecule is Cc1noc(C)c1-c1noc(CN2CCN(C[C@H](O)COc3ccccc3F)CC2)n1. The Balaban J connectivity index is 1.22. The Kier molecular flexibility index (Phi) is 6.59. The number of halogens is 1. The van der Waals surface area contributed by atoms with E-state index in [2.05, 4.69) is 25.1 Å². The zero-order chi connectivity index (χ0) is 21.8. The highest BCUT2D eigenvalue weighted by molar-refractivity contribution is 5.59. The molecule has 3 heterocycles. The van der Waals surface area contributed by atoms with Crippen LogP contribution in [0.3, 0.4) is 0 Å². The Hall–Kier alpha value is -2.82. The van der Waals surface area contributed by atoms with E-state index < -0.39 is 11.9 Å². The van der Waals surface area contributed by atoms with Gasteiger partial charge in [0.15, 0.2) is 11.6 Å². The molecule has 10 heteroatoms. The molecule has 0 unspecified atom stereocenters. The normalized spacial score (nSPS) is 16.5. The monoisotopic (exact) mass is 431 g/mol. The summed E-state index contributed by atoms with van der Waals surface area (Å²) in [5.41, 5.74) is 1.50. The third-order valence-corrected chi connectivity index (χ3v) is 5.29. The molecule has 2 aromatic heterocycles. The minimum Gasteiger partial charge on any atom is -0.488 e. The number of aryl methyl sites for hydroxylation is 2. The van der Waals surface area contributed by atoms with Crippen molar-refractivity contribution in [1.82, 2.24) is 25.1 Å². The van der Waals surface area contributed by atoms with Crippen LogP contribution in [-0.2, 0) is 6.54 Å². The minimum atomic E-state index is -0.695. The van der Waals surface area contributed by atoms with Crippen LogP contribution in [0.1, 0.15) is 17.3 Å². The highest BCUT2D eigenvalue weighted by Gasteiger charge is 2.23. The summed E-state index contributed by atoms with van der Waals surface area (Å²) in [6.45, 7) is 7.95. The van der Waals surface area contributed by atoms with Crippen LogP contribution in [0.25, 0.3) is 11.4 Å². The topological polar surface area (TPSA) is 101 Å². The van der Waals surface area contributed by atoms with Crippen molar-refractivity contribution in [2.75, 3.05) is 39.3 Å². The van der Waals surface area contributed by atoms with Crippen molar-refractivity contribution in [3.63, 3.8) is 0 Å². The number of piperazine rings is 1. The zero-order valence-electron chi connectivity index (χ0n) is 17.6. The number of aliphatic hydroxyl groups excluding tert-OH is 1. The fourth-order valence-corrected chi connectivity index (χ4v) is 3.64. The maximum atomic E-state index is 13.6. The van der Waals surface area contributed by atoms with E-state index >= 15 is 0 Å². The summed E-state index contributed by atoms with van der Waals surface area (Å²) < 4.78 is 29.6. The zero-order valence-corrected chi connectivity index (χ0v) is 17.6. The van der Waals surface area contributed by atoms with Crippen LogP contribution >= 0.6 is 0 Å². The van der Waals surface area contributed by atoms with Crippen molar-refractivity contribution in [1.29, 1.82) is 0 Å². The van der Waals surface area contributed by atoms with E-state index in [4.69, 9.17) is 13.8 Å². The van der Waals surface area contributed by atoms with E-state index in [1.54, 1.807) is 18.2 Å². The first kappa shape index (κ1) is 21.4. The van der Waals surface area contributed by atoms with Gasteiger partial charge in [-0.25, -0.2) is 4.39 Å². The molecule has 0 amide bonds. The van der Waals surface area contributed by atoms with Crippen LogP contribution in [0.15, 0.2) is 33.3 Å². The average Bonchev–Trinajstić information content (AvgIpc) is 3.34. The summed E-state index contributed by atoms with van der Waals surface area (Å²) in [5.74, 6) is 1.42. The van der Waals surface area contributed by atoms with Crippen LogP contribution in [0.5, 0.6) is 5.75 Å². The van der Waals surface area contributed by atoms with Gasteiger partial charge in [-0.15, -0.1) is 0 Å². The third kappa shape index (κ3) is 5.27. The van der Waals surface area contributed by atoms with E-state index in [0.29, 0.717) is 30.6 Å². The van der Waals surface area contributed by atoms with Gasteiger partial charge in [0.2, 0.25) is 11.7 Å².